The summed E-state index contributed by atoms with van der Waals surface area (Å²) in [5.41, 5.74) is 4.99. The number of aliphatic hydroxyl groups excluding tert-OH is 2. The maximum Gasteiger partial charge on any atom is 0.349 e. The smallest absolute Gasteiger partial charge is 0.349 e. The molecule has 0 amide bonds. The molecule has 6 heteroatoms. The number of nitrogens with two attached hydrogens (primary N) is 1. The number of nitrogens with zero attached hydrogens (tertiary/aromatic N) is 2. The third-order valence-electron chi connectivity index (χ3n) is 3.30. The highest BCUT2D eigenvalue weighted by Crippen LogP contribution is 2.42. The Morgan fingerprint density at radius 2 is 2.25 bits per heavy atom. The standard InChI is InChI=1S/C10H15N3O3/c11-9-1-2-13(10(16)12-9)8-3-6(4-14)7(8)5-15/h1-2,6-8,14-15H,3-5H2,(H2,11,12,16)/t6-,7+,8+/m1/s1. The Kier molecular flexibility index (Phi) is 2.93. The van der Waals surface area contributed by atoms with Gasteiger partial charge in [0.1, 0.15) is 5.82 Å². The highest BCUT2D eigenvalue weighted by molar-refractivity contribution is 5.23. The molecule has 4 N–H and O–H groups in total. The van der Waals surface area contributed by atoms with Crippen LogP contribution < -0.4 is 11.4 Å². The molecule has 0 unspecified atom stereocenters. The minimum atomic E-state index is -0.403. The van der Waals surface area contributed by atoms with E-state index in [1.165, 1.54) is 4.57 Å². The first-order valence-corrected chi connectivity index (χ1v) is 5.23. The van der Waals surface area contributed by atoms with Gasteiger partial charge in [-0.15, -0.1) is 0 Å². The molecule has 2 rings (SSSR count). The molecule has 1 aliphatic carbocycles. The Balaban J connectivity index is 2.23. The number of nitrogen functional groups attached to an aromatic ring is 1. The maximum atomic E-state index is 11.6. The summed E-state index contributed by atoms with van der Waals surface area (Å²) in [6, 6.07) is 1.48. The highest BCUT2D eigenvalue weighted by atomic mass is 16.3. The molecule has 0 saturated heterocycles. The van der Waals surface area contributed by atoms with Gasteiger partial charge in [0, 0.05) is 31.4 Å². The monoisotopic (exact) mass is 225 g/mol. The Bertz CT molecular complexity index is 432. The zero-order valence-corrected chi connectivity index (χ0v) is 8.78. The summed E-state index contributed by atoms with van der Waals surface area (Å²) >= 11 is 0. The third-order valence-corrected chi connectivity index (χ3v) is 3.30. The van der Waals surface area contributed by atoms with Gasteiger partial charge in [0.05, 0.1) is 0 Å². The minimum absolute atomic E-state index is 0.0350. The van der Waals surface area contributed by atoms with Crippen molar-refractivity contribution in [3.63, 3.8) is 0 Å². The quantitative estimate of drug-likeness (QED) is 0.611. The van der Waals surface area contributed by atoms with Crippen molar-refractivity contribution in [3.05, 3.63) is 22.7 Å². The molecule has 0 aliphatic heterocycles. The lowest BCUT2D eigenvalue weighted by molar-refractivity contribution is -0.00865. The molecule has 1 saturated carbocycles. The first-order valence-electron chi connectivity index (χ1n) is 5.23. The zero-order chi connectivity index (χ0) is 11.7. The van der Waals surface area contributed by atoms with Gasteiger partial charge in [-0.3, -0.25) is 4.57 Å². The van der Waals surface area contributed by atoms with Crippen LogP contribution in [0.25, 0.3) is 0 Å². The summed E-state index contributed by atoms with van der Waals surface area (Å²) in [6.07, 6.45) is 2.28. The second-order valence-corrected chi connectivity index (χ2v) is 4.13. The zero-order valence-electron chi connectivity index (χ0n) is 8.78. The molecule has 0 bridgehead atoms. The predicted molar refractivity (Wildman–Crippen MR) is 57.7 cm³/mol. The van der Waals surface area contributed by atoms with Gasteiger partial charge < -0.3 is 15.9 Å². The van der Waals surface area contributed by atoms with E-state index in [0.717, 1.165) is 0 Å². The number of hydrogen-bond acceptors (Lipinski definition) is 5. The lowest BCUT2D eigenvalue weighted by Gasteiger charge is -2.43. The Morgan fingerprint density at radius 1 is 1.50 bits per heavy atom. The van der Waals surface area contributed by atoms with E-state index in [-0.39, 0.29) is 36.9 Å². The van der Waals surface area contributed by atoms with Crippen LogP contribution in [0, 0.1) is 11.8 Å². The first kappa shape index (κ1) is 11.1. The normalized spacial score (nSPS) is 28.8. The average molecular weight is 225 g/mol. The van der Waals surface area contributed by atoms with E-state index < -0.39 is 5.69 Å². The molecule has 3 atom stereocenters. The van der Waals surface area contributed by atoms with Gasteiger partial charge in [-0.05, 0) is 18.4 Å². The second-order valence-electron chi connectivity index (χ2n) is 4.13. The summed E-state index contributed by atoms with van der Waals surface area (Å²) in [4.78, 5) is 15.2. The summed E-state index contributed by atoms with van der Waals surface area (Å²) in [6.45, 7) is 0.00554. The van der Waals surface area contributed by atoms with Crippen molar-refractivity contribution in [2.75, 3.05) is 18.9 Å². The average Bonchev–Trinajstić information content (AvgIpc) is 2.21. The molecule has 6 nitrogen and oxygen atoms in total. The van der Waals surface area contributed by atoms with Crippen LogP contribution in [-0.4, -0.2) is 33.0 Å². The van der Waals surface area contributed by atoms with E-state index in [0.29, 0.717) is 6.42 Å². The highest BCUT2D eigenvalue weighted by Gasteiger charge is 2.41. The Morgan fingerprint density at radius 3 is 2.81 bits per heavy atom. The summed E-state index contributed by atoms with van der Waals surface area (Å²) in [5, 5.41) is 18.2. The van der Waals surface area contributed by atoms with E-state index in [1.807, 2.05) is 0 Å². The van der Waals surface area contributed by atoms with Crippen LogP contribution in [0.4, 0.5) is 5.82 Å². The molecule has 0 radical (unpaired) electrons. The third kappa shape index (κ3) is 1.70. The van der Waals surface area contributed by atoms with Crippen LogP contribution >= 0.6 is 0 Å². The predicted octanol–water partition coefficient (Wildman–Crippen LogP) is -1.01. The van der Waals surface area contributed by atoms with Crippen LogP contribution in [0.1, 0.15) is 12.5 Å². The topological polar surface area (TPSA) is 101 Å². The van der Waals surface area contributed by atoms with Gasteiger partial charge >= 0.3 is 5.69 Å². The van der Waals surface area contributed by atoms with Gasteiger partial charge in [-0.1, -0.05) is 0 Å². The van der Waals surface area contributed by atoms with E-state index in [1.54, 1.807) is 12.3 Å². The van der Waals surface area contributed by atoms with Gasteiger partial charge in [0.25, 0.3) is 0 Å². The summed E-state index contributed by atoms with van der Waals surface area (Å²) in [7, 11) is 0. The molecule has 16 heavy (non-hydrogen) atoms. The van der Waals surface area contributed by atoms with Crippen molar-refractivity contribution in [2.24, 2.45) is 11.8 Å². The maximum absolute atomic E-state index is 11.6. The van der Waals surface area contributed by atoms with Crippen molar-refractivity contribution >= 4 is 5.82 Å². The van der Waals surface area contributed by atoms with Crippen LogP contribution in [0.3, 0.4) is 0 Å². The molecule has 1 aliphatic rings. The van der Waals surface area contributed by atoms with Crippen molar-refractivity contribution in [1.82, 2.24) is 9.55 Å². The van der Waals surface area contributed by atoms with Gasteiger partial charge in [-0.2, -0.15) is 4.98 Å². The SMILES string of the molecule is Nc1ccn([C@H]2C[C@H](CO)[C@@H]2CO)c(=O)n1. The largest absolute Gasteiger partial charge is 0.396 e. The van der Waals surface area contributed by atoms with Crippen LogP contribution in [0.5, 0.6) is 0 Å². The Labute approximate surface area is 92.4 Å². The molecular weight excluding hydrogens is 210 g/mol. The molecule has 1 aromatic rings. The molecule has 88 valence electrons. The van der Waals surface area contributed by atoms with Crippen molar-refractivity contribution in [1.29, 1.82) is 0 Å². The lowest BCUT2D eigenvalue weighted by Crippen LogP contribution is -2.46. The number of rotatable bonds is 3. The fraction of sp³-hybridized carbons (Fsp3) is 0.600. The molecular formula is C10H15N3O3. The molecule has 0 aromatic carbocycles. The fourth-order valence-electron chi connectivity index (χ4n) is 2.26. The van der Waals surface area contributed by atoms with E-state index >= 15 is 0 Å². The van der Waals surface area contributed by atoms with Gasteiger partial charge in [-0.25, -0.2) is 4.79 Å². The van der Waals surface area contributed by atoms with Gasteiger partial charge in [0.15, 0.2) is 0 Å². The van der Waals surface area contributed by atoms with Crippen LogP contribution in [-0.2, 0) is 0 Å². The van der Waals surface area contributed by atoms with Crippen LogP contribution in [0.15, 0.2) is 17.1 Å². The lowest BCUT2D eigenvalue weighted by atomic mass is 9.70. The number of aromatic nitrogens is 2. The molecule has 1 fully saturated rings. The summed E-state index contributed by atoms with van der Waals surface area (Å²) in [5.74, 6) is 0.187. The number of hydrogen-bond donors (Lipinski definition) is 3. The van der Waals surface area contributed by atoms with Crippen molar-refractivity contribution < 1.29 is 10.2 Å². The number of aliphatic hydroxyl groups is 2. The molecule has 1 heterocycles. The van der Waals surface area contributed by atoms with Crippen LogP contribution in [0.2, 0.25) is 0 Å². The summed E-state index contributed by atoms with van der Waals surface area (Å²) < 4.78 is 1.48. The Hall–Kier alpha value is -1.40. The van der Waals surface area contributed by atoms with E-state index in [2.05, 4.69) is 4.98 Å². The second kappa shape index (κ2) is 4.23. The fourth-order valence-corrected chi connectivity index (χ4v) is 2.26. The van der Waals surface area contributed by atoms with E-state index in [4.69, 9.17) is 10.8 Å². The minimum Gasteiger partial charge on any atom is -0.396 e. The van der Waals surface area contributed by atoms with Gasteiger partial charge in [0.2, 0.25) is 0 Å². The molecule has 0 spiro atoms. The first-order chi connectivity index (χ1) is 7.67. The van der Waals surface area contributed by atoms with E-state index in [9.17, 15) is 9.90 Å². The number of anilines is 1. The molecule has 1 aromatic heterocycles. The van der Waals surface area contributed by atoms with Crippen molar-refractivity contribution in [3.8, 4) is 0 Å². The van der Waals surface area contributed by atoms with Crippen molar-refractivity contribution in [2.45, 2.75) is 12.5 Å².